The van der Waals surface area contributed by atoms with E-state index in [1.807, 2.05) is 6.07 Å². The fourth-order valence-corrected chi connectivity index (χ4v) is 15.3. The van der Waals surface area contributed by atoms with Crippen LogP contribution in [0.25, 0.3) is 11.1 Å². The molecule has 7 aliphatic heterocycles. The number of aliphatic carboxylic acids is 1. The number of rotatable bonds is 22. The second-order valence-electron chi connectivity index (χ2n) is 30.6. The predicted octanol–water partition coefficient (Wildman–Crippen LogP) is 2.97. The number of phenolic OH excluding ortho intramolecular Hbond substituents is 3. The maximum Gasteiger partial charge on any atom is 0.326 e. The molecule has 648 valence electrons. The van der Waals surface area contributed by atoms with Gasteiger partial charge in [0.05, 0.1) is 47.9 Å². The number of nitrogens with one attached hydrogen (secondary N) is 8. The first-order valence-electron chi connectivity index (χ1n) is 38.7. The van der Waals surface area contributed by atoms with E-state index in [0.717, 1.165) is 72.3 Å². The van der Waals surface area contributed by atoms with Gasteiger partial charge in [-0.2, -0.15) is 0 Å². The lowest BCUT2D eigenvalue weighted by Gasteiger charge is -2.48. The molecule has 0 aromatic heterocycles. The second kappa shape index (κ2) is 38.1. The lowest BCUT2D eigenvalue weighted by Crippen LogP contribution is -2.65. The van der Waals surface area contributed by atoms with Gasteiger partial charge in [0, 0.05) is 35.7 Å². The van der Waals surface area contributed by atoms with E-state index in [1.165, 1.54) is 26.0 Å². The quantitative estimate of drug-likeness (QED) is 0.0342. The third-order valence-corrected chi connectivity index (χ3v) is 22.0. The number of carbonyl (C=O) groups excluding carboxylic acids is 8. The molecule has 0 unspecified atom stereocenters. The van der Waals surface area contributed by atoms with Crippen LogP contribution in [0.4, 0.5) is 0 Å². The number of ether oxygens (including phenoxy) is 7. The van der Waals surface area contributed by atoms with Crippen LogP contribution in [0.2, 0.25) is 10.0 Å². The molecule has 122 heavy (non-hydrogen) atoms. The van der Waals surface area contributed by atoms with Crippen molar-refractivity contribution < 1.29 is 127 Å². The van der Waals surface area contributed by atoms with Crippen LogP contribution >= 0.6 is 23.2 Å². The standard InChI is InChI=1S/C84H92Cl2N10O26/c1-6-7-22-116-45-15-11-14-39(23-45)34-89-84(5)33-60(117-37(4)74(84)106)121-73-71(105)70(104)58(35-97)120-83(73)122-72-56-28-43-29-57(72)119-55-21-18-42(27-49(55)86)69(103)67-81(113)94-65(79(111)91-62(36(2)3)82(114)115)47-30-44(98)31-53(100)61(47)46-25-40(16-19-52(46)99)63(77(109)96-67)93-78(110)64(43)92-76(108)51(32-59(88)101)90-80(112)66(68(102)41-17-20-54(118-56)48(85)26-41)95-75(107)50(87)24-38-12-9-8-10-13-38/h6,8-21,23,25-31,36-37,50-51,58,60,62-71,73-74,83,89,97-100,102-106H,1,7,22,24,32-35,87H2,2-5H3,(H2,88,101)(H,90,112)(H,91,111)(H,92,108)(H,93,110)(H,94,113)(H,95,107)(H,96,109)(H,114,115)/t37-,50-,51-,58+,60-,62-,63+,64+,65-,66+,67-,68+,69+,70+,71-,73+,74+,83-,84-/m0/s1. The van der Waals surface area contributed by atoms with Crippen LogP contribution in [0.15, 0.2) is 146 Å². The average Bonchev–Trinajstić information content (AvgIpc) is 0.760. The molecule has 0 aliphatic carbocycles. The summed E-state index contributed by atoms with van der Waals surface area (Å²) in [6.45, 7) is 9.40. The molecule has 38 heteroatoms. The van der Waals surface area contributed by atoms with Crippen molar-refractivity contribution >= 4 is 76.4 Å². The Balaban J connectivity index is 1.05. The Labute approximate surface area is 706 Å². The van der Waals surface area contributed by atoms with Crippen molar-refractivity contribution in [3.05, 3.63) is 195 Å². The molecule has 2 fully saturated rings. The van der Waals surface area contributed by atoms with E-state index < -0.39 is 266 Å². The molecule has 0 spiro atoms. The third kappa shape index (κ3) is 20.0. The number of carboxylic acid groups (broad SMARTS) is 1. The number of primary amides is 1. The fraction of sp³-hybridized carbons (Fsp3) is 0.369. The Hall–Kier alpha value is -11.8. The van der Waals surface area contributed by atoms with Gasteiger partial charge in [0.2, 0.25) is 59.3 Å². The van der Waals surface area contributed by atoms with Gasteiger partial charge >= 0.3 is 5.97 Å². The monoisotopic (exact) mass is 1730 g/mol. The number of benzene rings is 7. The van der Waals surface area contributed by atoms with E-state index >= 15 is 24.0 Å². The summed E-state index contributed by atoms with van der Waals surface area (Å²) < 4.78 is 45.4. The minimum Gasteiger partial charge on any atom is -0.508 e. The molecule has 36 nitrogen and oxygen atoms in total. The first-order valence-corrected chi connectivity index (χ1v) is 39.4. The number of phenols is 3. The molecule has 7 aliphatic rings. The van der Waals surface area contributed by atoms with Crippen molar-refractivity contribution in [2.75, 3.05) is 13.2 Å². The highest BCUT2D eigenvalue weighted by molar-refractivity contribution is 6.32. The number of aromatic hydroxyl groups is 3. The Kier molecular flexibility index (Phi) is 28.0. The summed E-state index contributed by atoms with van der Waals surface area (Å²) in [7, 11) is 0. The van der Waals surface area contributed by atoms with Gasteiger partial charge in [-0.3, -0.25) is 38.4 Å². The van der Waals surface area contributed by atoms with Gasteiger partial charge in [-0.25, -0.2) is 4.79 Å². The molecule has 7 aromatic rings. The van der Waals surface area contributed by atoms with Crippen molar-refractivity contribution in [2.24, 2.45) is 17.4 Å². The number of amides is 8. The number of nitrogens with two attached hydrogens (primary N) is 2. The summed E-state index contributed by atoms with van der Waals surface area (Å²) >= 11 is 14.4. The molecule has 14 rings (SSSR count). The molecule has 11 bridgehead atoms. The maximum absolute atomic E-state index is 16.4. The van der Waals surface area contributed by atoms with Crippen LogP contribution in [0, 0.1) is 5.92 Å². The summed E-state index contributed by atoms with van der Waals surface area (Å²) in [6.07, 6.45) is -17.1. The van der Waals surface area contributed by atoms with Crippen LogP contribution in [-0.4, -0.2) is 202 Å². The van der Waals surface area contributed by atoms with E-state index in [-0.39, 0.29) is 36.3 Å². The van der Waals surface area contributed by atoms with E-state index in [1.54, 1.807) is 68.5 Å². The predicted molar refractivity (Wildman–Crippen MR) is 431 cm³/mol. The minimum absolute atomic E-state index is 0.107. The number of carboxylic acids is 1. The Morgan fingerprint density at radius 2 is 1.34 bits per heavy atom. The Morgan fingerprint density at radius 1 is 0.697 bits per heavy atom. The van der Waals surface area contributed by atoms with Gasteiger partial charge in [0.1, 0.15) is 107 Å². The highest BCUT2D eigenvalue weighted by Gasteiger charge is 2.52. The van der Waals surface area contributed by atoms with Crippen molar-refractivity contribution in [3.8, 4) is 62.9 Å². The van der Waals surface area contributed by atoms with Crippen LogP contribution in [-0.2, 0) is 70.3 Å². The van der Waals surface area contributed by atoms with Gasteiger partial charge in [0.25, 0.3) is 0 Å². The average molecular weight is 1730 g/mol. The van der Waals surface area contributed by atoms with Crippen LogP contribution in [0.3, 0.4) is 0 Å². The topological polar surface area (TPSA) is 569 Å². The number of fused-ring (bicyclic) bond motifs is 15. The fourth-order valence-electron chi connectivity index (χ4n) is 14.9. The van der Waals surface area contributed by atoms with E-state index in [4.69, 9.17) is 67.8 Å². The van der Waals surface area contributed by atoms with Crippen LogP contribution in [0.1, 0.15) is 116 Å². The van der Waals surface area contributed by atoms with E-state index in [0.29, 0.717) is 24.3 Å². The summed E-state index contributed by atoms with van der Waals surface area (Å²) in [4.78, 5) is 133. The highest BCUT2D eigenvalue weighted by atomic mass is 35.5. The number of halogens is 2. The molecule has 7 heterocycles. The van der Waals surface area contributed by atoms with Crippen LogP contribution < -0.4 is 72.9 Å². The third-order valence-electron chi connectivity index (χ3n) is 21.4. The second-order valence-corrected chi connectivity index (χ2v) is 31.4. The molecular formula is C84H92Cl2N10O26. The normalized spacial score (nSPS) is 26.5. The van der Waals surface area contributed by atoms with Gasteiger partial charge in [-0.1, -0.05) is 104 Å². The highest BCUT2D eigenvalue weighted by Crippen LogP contribution is 2.50. The van der Waals surface area contributed by atoms with E-state index in [2.05, 4.69) is 49.1 Å². The molecule has 19 atom stereocenters. The SMILES string of the molecule is C=CCCOc1cccc(CN[C@@]2(C)C[C@H](O[C@H]3[C@H](Oc4c5cc6cc4Oc4ccc(cc4Cl)[C@@H](O)[C@@H](NC(=O)[C@@H](N)Cc4ccccc4)C(=O)N[C@@H](CC(N)=O)C(=O)N[C@H]6C(=O)N[C@H]4C(=O)N[C@H](C(=O)N[C@H](C(=O)N[C@H](C(=O)O)C(C)C)c6cc(O)cc(O)c6-c6cc4ccc6O)[C@H](O)c4ccc(c(Cl)c4)O5)O[C@H](CO)[C@@H](O)[C@@H]3O)O[C@@H](C)[C@H]2O)c1. The minimum atomic E-state index is -2.41. The number of aliphatic hydroxyl groups is 6. The largest absolute Gasteiger partial charge is 0.508 e. The first kappa shape index (κ1) is 89.5. The summed E-state index contributed by atoms with van der Waals surface area (Å²) in [6, 6.07) is 12.5. The van der Waals surface area contributed by atoms with E-state index in [9.17, 15) is 70.2 Å². The van der Waals surface area contributed by atoms with Crippen molar-refractivity contribution in [3.63, 3.8) is 0 Å². The molecule has 22 N–H and O–H groups in total. The molecule has 0 radical (unpaired) electrons. The Morgan fingerprint density at radius 3 is 1.98 bits per heavy atom. The number of hydrogen-bond acceptors (Lipinski definition) is 27. The summed E-state index contributed by atoms with van der Waals surface area (Å²) in [5, 5.41) is 137. The lowest BCUT2D eigenvalue weighted by atomic mass is 9.84. The van der Waals surface area contributed by atoms with Gasteiger partial charge in [-0.05, 0) is 138 Å². The zero-order valence-corrected chi connectivity index (χ0v) is 67.3. The van der Waals surface area contributed by atoms with Crippen molar-refractivity contribution in [2.45, 2.75) is 175 Å². The zero-order chi connectivity index (χ0) is 88.0. The Bertz CT molecular complexity index is 5150. The number of aliphatic hydroxyl groups excluding tert-OH is 6. The zero-order valence-electron chi connectivity index (χ0n) is 65.8. The van der Waals surface area contributed by atoms with Crippen molar-refractivity contribution in [1.82, 2.24) is 42.5 Å². The molecule has 0 saturated carbocycles. The van der Waals surface area contributed by atoms with Gasteiger partial charge in [0.15, 0.2) is 23.9 Å². The smallest absolute Gasteiger partial charge is 0.326 e. The lowest BCUT2D eigenvalue weighted by molar-refractivity contribution is -0.334. The first-order chi connectivity index (χ1) is 58.0. The van der Waals surface area contributed by atoms with Gasteiger partial charge in [-0.15, -0.1) is 6.58 Å². The molecule has 2 saturated heterocycles. The maximum atomic E-state index is 16.4. The number of hydrogen-bond donors (Lipinski definition) is 20. The number of carbonyl (C=O) groups is 9. The molecule has 7 aromatic carbocycles. The molecular weight excluding hydrogens is 1640 g/mol. The summed E-state index contributed by atoms with van der Waals surface area (Å²) in [5.74, 6) is -17.9. The van der Waals surface area contributed by atoms with Gasteiger partial charge < -0.3 is 138 Å². The summed E-state index contributed by atoms with van der Waals surface area (Å²) in [5.41, 5.74) is 9.28. The van der Waals surface area contributed by atoms with Crippen molar-refractivity contribution in [1.29, 1.82) is 0 Å². The molecule has 8 amide bonds. The van der Waals surface area contributed by atoms with Crippen LogP contribution in [0.5, 0.6) is 51.7 Å².